The highest BCUT2D eigenvalue weighted by molar-refractivity contribution is 9.10. The van der Waals surface area contributed by atoms with Crippen molar-refractivity contribution in [1.82, 2.24) is 4.98 Å². The molecular formula is C12H7BrF3N. The Kier molecular flexibility index (Phi) is 3.19. The maximum Gasteiger partial charge on any atom is 0.417 e. The van der Waals surface area contributed by atoms with E-state index in [-0.39, 0.29) is 5.56 Å². The Hall–Kier alpha value is -1.36. The second-order valence-electron chi connectivity index (χ2n) is 3.40. The normalized spacial score (nSPS) is 11.5. The minimum Gasteiger partial charge on any atom is -0.264 e. The molecule has 0 saturated heterocycles. The number of hydrogen-bond acceptors (Lipinski definition) is 1. The molecule has 0 bridgehead atoms. The molecule has 88 valence electrons. The molecule has 0 unspecified atom stereocenters. The van der Waals surface area contributed by atoms with Gasteiger partial charge in [-0.3, -0.25) is 4.98 Å². The van der Waals surface area contributed by atoms with Gasteiger partial charge in [-0.25, -0.2) is 0 Å². The average molecular weight is 302 g/mol. The first kappa shape index (κ1) is 12.1. The van der Waals surface area contributed by atoms with Gasteiger partial charge in [0.15, 0.2) is 0 Å². The van der Waals surface area contributed by atoms with Crippen LogP contribution in [0.3, 0.4) is 0 Å². The van der Waals surface area contributed by atoms with Crippen LogP contribution in [0.25, 0.3) is 11.1 Å². The molecule has 0 radical (unpaired) electrons. The third-order valence-electron chi connectivity index (χ3n) is 2.30. The fourth-order valence-electron chi connectivity index (χ4n) is 1.56. The second-order valence-corrected chi connectivity index (χ2v) is 4.25. The third-order valence-corrected chi connectivity index (χ3v) is 2.93. The number of aromatic nitrogens is 1. The molecule has 1 heterocycles. The average Bonchev–Trinajstić information content (AvgIpc) is 2.28. The monoisotopic (exact) mass is 301 g/mol. The van der Waals surface area contributed by atoms with E-state index >= 15 is 0 Å². The summed E-state index contributed by atoms with van der Waals surface area (Å²) >= 11 is 3.20. The van der Waals surface area contributed by atoms with Gasteiger partial charge < -0.3 is 0 Å². The van der Waals surface area contributed by atoms with E-state index in [1.54, 1.807) is 12.1 Å². The molecule has 0 aliphatic rings. The lowest BCUT2D eigenvalue weighted by Gasteiger charge is -2.13. The summed E-state index contributed by atoms with van der Waals surface area (Å²) in [5, 5.41) is 0. The quantitative estimate of drug-likeness (QED) is 0.754. The molecule has 0 amide bonds. The van der Waals surface area contributed by atoms with Crippen LogP contribution in [0.2, 0.25) is 0 Å². The van der Waals surface area contributed by atoms with Gasteiger partial charge in [0.2, 0.25) is 0 Å². The van der Waals surface area contributed by atoms with Gasteiger partial charge in [-0.2, -0.15) is 13.2 Å². The molecule has 1 nitrogen and oxygen atoms in total. The summed E-state index contributed by atoms with van der Waals surface area (Å²) < 4.78 is 39.0. The number of halogens is 4. The summed E-state index contributed by atoms with van der Waals surface area (Å²) in [7, 11) is 0. The number of pyridine rings is 1. The van der Waals surface area contributed by atoms with E-state index in [0.717, 1.165) is 6.07 Å². The fraction of sp³-hybridized carbons (Fsp3) is 0.0833. The highest BCUT2D eigenvalue weighted by atomic mass is 79.9. The van der Waals surface area contributed by atoms with Gasteiger partial charge in [0.05, 0.1) is 5.56 Å². The molecule has 2 rings (SSSR count). The number of rotatable bonds is 1. The van der Waals surface area contributed by atoms with Crippen molar-refractivity contribution in [3.63, 3.8) is 0 Å². The standard InChI is InChI=1S/C12H7BrF3N/c13-11-7-17-6-5-9(11)8-3-1-2-4-10(8)12(14,15)16/h1-7H. The molecule has 0 atom stereocenters. The summed E-state index contributed by atoms with van der Waals surface area (Å²) in [6.07, 6.45) is -1.42. The lowest BCUT2D eigenvalue weighted by atomic mass is 10.0. The van der Waals surface area contributed by atoms with Gasteiger partial charge in [0, 0.05) is 16.9 Å². The summed E-state index contributed by atoms with van der Waals surface area (Å²) in [4.78, 5) is 3.83. The predicted octanol–water partition coefficient (Wildman–Crippen LogP) is 4.53. The first-order valence-corrected chi connectivity index (χ1v) is 5.55. The predicted molar refractivity (Wildman–Crippen MR) is 62.4 cm³/mol. The van der Waals surface area contributed by atoms with E-state index in [0.29, 0.717) is 10.0 Å². The van der Waals surface area contributed by atoms with Crippen molar-refractivity contribution >= 4 is 15.9 Å². The van der Waals surface area contributed by atoms with Crippen molar-refractivity contribution < 1.29 is 13.2 Å². The Morgan fingerprint density at radius 3 is 2.35 bits per heavy atom. The number of benzene rings is 1. The Bertz CT molecular complexity index is 537. The molecule has 17 heavy (non-hydrogen) atoms. The van der Waals surface area contributed by atoms with E-state index in [1.807, 2.05) is 0 Å². The maximum absolute atomic E-state index is 12.8. The molecule has 0 aliphatic carbocycles. The van der Waals surface area contributed by atoms with Gasteiger partial charge in [0.1, 0.15) is 0 Å². The van der Waals surface area contributed by atoms with Gasteiger partial charge in [-0.1, -0.05) is 18.2 Å². The fourth-order valence-corrected chi connectivity index (χ4v) is 2.02. The summed E-state index contributed by atoms with van der Waals surface area (Å²) in [6.45, 7) is 0. The molecule has 2 aromatic rings. The van der Waals surface area contributed by atoms with Crippen LogP contribution in [0.1, 0.15) is 5.56 Å². The van der Waals surface area contributed by atoms with E-state index < -0.39 is 11.7 Å². The van der Waals surface area contributed by atoms with Crippen molar-refractivity contribution in [2.75, 3.05) is 0 Å². The van der Waals surface area contributed by atoms with Crippen molar-refractivity contribution in [3.8, 4) is 11.1 Å². The van der Waals surface area contributed by atoms with Crippen LogP contribution in [0.15, 0.2) is 47.2 Å². The Balaban J connectivity index is 2.65. The van der Waals surface area contributed by atoms with E-state index in [9.17, 15) is 13.2 Å². The molecule has 0 spiro atoms. The van der Waals surface area contributed by atoms with Crippen LogP contribution in [0.5, 0.6) is 0 Å². The zero-order valence-electron chi connectivity index (χ0n) is 8.50. The Morgan fingerprint density at radius 2 is 1.71 bits per heavy atom. The molecule has 1 aromatic heterocycles. The molecule has 1 aromatic carbocycles. The molecular weight excluding hydrogens is 295 g/mol. The van der Waals surface area contributed by atoms with Crippen LogP contribution in [0.4, 0.5) is 13.2 Å². The largest absolute Gasteiger partial charge is 0.417 e. The summed E-state index contributed by atoms with van der Waals surface area (Å²) in [6, 6.07) is 7.03. The molecule has 0 fully saturated rings. The van der Waals surface area contributed by atoms with Crippen molar-refractivity contribution in [1.29, 1.82) is 0 Å². The van der Waals surface area contributed by atoms with Crippen LogP contribution in [-0.4, -0.2) is 4.98 Å². The topological polar surface area (TPSA) is 12.9 Å². The molecule has 0 aliphatic heterocycles. The van der Waals surface area contributed by atoms with Crippen molar-refractivity contribution in [2.45, 2.75) is 6.18 Å². The highest BCUT2D eigenvalue weighted by Crippen LogP contribution is 2.38. The maximum atomic E-state index is 12.8. The zero-order valence-corrected chi connectivity index (χ0v) is 10.1. The van der Waals surface area contributed by atoms with Crippen LogP contribution < -0.4 is 0 Å². The minimum absolute atomic E-state index is 0.147. The van der Waals surface area contributed by atoms with Gasteiger partial charge in [-0.05, 0) is 39.2 Å². The number of alkyl halides is 3. The summed E-state index contributed by atoms with van der Waals surface area (Å²) in [5.74, 6) is 0. The van der Waals surface area contributed by atoms with Gasteiger partial charge in [-0.15, -0.1) is 0 Å². The van der Waals surface area contributed by atoms with Crippen LogP contribution in [0, 0.1) is 0 Å². The first-order valence-electron chi connectivity index (χ1n) is 4.76. The van der Waals surface area contributed by atoms with E-state index in [1.165, 1.54) is 24.5 Å². The van der Waals surface area contributed by atoms with Gasteiger partial charge >= 0.3 is 6.18 Å². The Labute approximate surface area is 104 Å². The highest BCUT2D eigenvalue weighted by Gasteiger charge is 2.33. The minimum atomic E-state index is -4.36. The van der Waals surface area contributed by atoms with E-state index in [2.05, 4.69) is 20.9 Å². The lowest BCUT2D eigenvalue weighted by Crippen LogP contribution is -2.07. The second kappa shape index (κ2) is 4.49. The van der Waals surface area contributed by atoms with Crippen LogP contribution in [-0.2, 0) is 6.18 Å². The third kappa shape index (κ3) is 2.49. The molecule has 5 heteroatoms. The van der Waals surface area contributed by atoms with E-state index in [4.69, 9.17) is 0 Å². The van der Waals surface area contributed by atoms with Gasteiger partial charge in [0.25, 0.3) is 0 Å². The molecule has 0 saturated carbocycles. The zero-order chi connectivity index (χ0) is 12.5. The van der Waals surface area contributed by atoms with Crippen molar-refractivity contribution in [3.05, 3.63) is 52.8 Å². The first-order chi connectivity index (χ1) is 8.00. The van der Waals surface area contributed by atoms with Crippen molar-refractivity contribution in [2.24, 2.45) is 0 Å². The van der Waals surface area contributed by atoms with Crippen LogP contribution >= 0.6 is 15.9 Å². The lowest BCUT2D eigenvalue weighted by molar-refractivity contribution is -0.137. The Morgan fingerprint density at radius 1 is 1.00 bits per heavy atom. The summed E-state index contributed by atoms with van der Waals surface area (Å²) in [5.41, 5.74) is -0.0194. The SMILES string of the molecule is FC(F)(F)c1ccccc1-c1ccncc1Br. The smallest absolute Gasteiger partial charge is 0.264 e. The number of nitrogens with zero attached hydrogens (tertiary/aromatic N) is 1. The number of hydrogen-bond donors (Lipinski definition) is 0. The molecule has 0 N–H and O–H groups in total.